The lowest BCUT2D eigenvalue weighted by Crippen LogP contribution is -2.27. The molecule has 8 heteroatoms. The van der Waals surface area contributed by atoms with Crippen molar-refractivity contribution in [2.75, 3.05) is 14.2 Å². The van der Waals surface area contributed by atoms with Crippen LogP contribution < -0.4 is 4.74 Å². The summed E-state index contributed by atoms with van der Waals surface area (Å²) in [5, 5.41) is 5.37. The molecule has 0 aliphatic heterocycles. The largest absolute Gasteiger partial charge is 0.496 e. The highest BCUT2D eigenvalue weighted by Gasteiger charge is 2.24. The highest BCUT2D eigenvalue weighted by atomic mass is 35.5. The lowest BCUT2D eigenvalue weighted by atomic mass is 10.1. The Kier molecular flexibility index (Phi) is 6.68. The SMILES string of the molecule is COc1c(C)cnc(CN(C)C(=O)c2c(C)nn(Cc3ccccc3Cl)c2Cl)c1C. The standard InChI is InChI=1S/C22H24Cl2N4O2/c1-13-10-25-18(14(2)20(13)30-5)12-27(4)22(29)19-15(3)26-28(21(19)24)11-16-8-6-7-9-17(16)23/h6-10H,11-12H2,1-5H3. The summed E-state index contributed by atoms with van der Waals surface area (Å²) >= 11 is 12.8. The van der Waals surface area contributed by atoms with E-state index in [-0.39, 0.29) is 11.1 Å². The van der Waals surface area contributed by atoms with Gasteiger partial charge < -0.3 is 9.64 Å². The minimum Gasteiger partial charge on any atom is -0.496 e. The number of amides is 1. The normalized spacial score (nSPS) is 10.9. The van der Waals surface area contributed by atoms with Gasteiger partial charge >= 0.3 is 0 Å². The zero-order valence-corrected chi connectivity index (χ0v) is 19.2. The molecule has 3 rings (SSSR count). The molecule has 0 N–H and O–H groups in total. The molecule has 0 unspecified atom stereocenters. The van der Waals surface area contributed by atoms with Gasteiger partial charge in [0, 0.05) is 29.4 Å². The van der Waals surface area contributed by atoms with E-state index in [4.69, 9.17) is 27.9 Å². The van der Waals surface area contributed by atoms with Crippen LogP contribution in [0.25, 0.3) is 0 Å². The number of rotatable bonds is 6. The van der Waals surface area contributed by atoms with Crippen molar-refractivity contribution in [3.63, 3.8) is 0 Å². The number of hydrogen-bond acceptors (Lipinski definition) is 4. The topological polar surface area (TPSA) is 60.2 Å². The third kappa shape index (κ3) is 4.30. The van der Waals surface area contributed by atoms with Crippen LogP contribution in [0.3, 0.4) is 0 Å². The van der Waals surface area contributed by atoms with E-state index in [2.05, 4.69) is 10.1 Å². The molecule has 3 aromatic rings. The Balaban J connectivity index is 1.85. The van der Waals surface area contributed by atoms with Gasteiger partial charge in [0.1, 0.15) is 10.9 Å². The number of pyridine rings is 1. The Bertz CT molecular complexity index is 1090. The molecular formula is C22H24Cl2N4O2. The highest BCUT2D eigenvalue weighted by molar-refractivity contribution is 6.33. The minimum atomic E-state index is -0.219. The van der Waals surface area contributed by atoms with E-state index < -0.39 is 0 Å². The average molecular weight is 447 g/mol. The van der Waals surface area contributed by atoms with Crippen molar-refractivity contribution in [2.45, 2.75) is 33.9 Å². The molecule has 1 aromatic carbocycles. The predicted molar refractivity (Wildman–Crippen MR) is 119 cm³/mol. The van der Waals surface area contributed by atoms with Crippen molar-refractivity contribution in [1.82, 2.24) is 19.7 Å². The monoisotopic (exact) mass is 446 g/mol. The second-order valence-corrected chi connectivity index (χ2v) is 7.97. The van der Waals surface area contributed by atoms with Gasteiger partial charge in [-0.3, -0.25) is 9.78 Å². The van der Waals surface area contributed by atoms with E-state index in [0.717, 1.165) is 28.1 Å². The summed E-state index contributed by atoms with van der Waals surface area (Å²) in [6.07, 6.45) is 1.75. The fourth-order valence-electron chi connectivity index (χ4n) is 3.41. The van der Waals surface area contributed by atoms with Gasteiger partial charge in [-0.25, -0.2) is 4.68 Å². The number of nitrogens with zero attached hydrogens (tertiary/aromatic N) is 4. The zero-order valence-electron chi connectivity index (χ0n) is 17.7. The van der Waals surface area contributed by atoms with Crippen LogP contribution in [0.1, 0.15) is 38.4 Å². The lowest BCUT2D eigenvalue weighted by molar-refractivity contribution is 0.0782. The third-order valence-corrected chi connectivity index (χ3v) is 5.79. The molecule has 0 spiro atoms. The molecule has 0 fully saturated rings. The molecular weight excluding hydrogens is 423 g/mol. The number of hydrogen-bond donors (Lipinski definition) is 0. The van der Waals surface area contributed by atoms with E-state index in [1.165, 1.54) is 0 Å². The van der Waals surface area contributed by atoms with Gasteiger partial charge in [0.25, 0.3) is 5.91 Å². The number of carbonyl (C=O) groups is 1. The zero-order chi connectivity index (χ0) is 22.0. The summed E-state index contributed by atoms with van der Waals surface area (Å²) in [5.41, 5.74) is 4.45. The van der Waals surface area contributed by atoms with E-state index in [9.17, 15) is 4.79 Å². The molecule has 0 saturated heterocycles. The van der Waals surface area contributed by atoms with E-state index in [0.29, 0.717) is 29.4 Å². The van der Waals surface area contributed by atoms with Gasteiger partial charge in [-0.1, -0.05) is 41.4 Å². The second-order valence-electron chi connectivity index (χ2n) is 7.21. The molecule has 0 atom stereocenters. The number of halogens is 2. The maximum atomic E-state index is 13.2. The lowest BCUT2D eigenvalue weighted by Gasteiger charge is -2.19. The highest BCUT2D eigenvalue weighted by Crippen LogP contribution is 2.27. The fraction of sp³-hybridized carbons (Fsp3) is 0.318. The molecule has 158 valence electrons. The molecule has 0 radical (unpaired) electrons. The summed E-state index contributed by atoms with van der Waals surface area (Å²) in [5.74, 6) is 0.561. The quantitative estimate of drug-likeness (QED) is 0.543. The van der Waals surface area contributed by atoms with Gasteiger partial charge in [-0.15, -0.1) is 0 Å². The molecule has 1 amide bonds. The maximum absolute atomic E-state index is 13.2. The summed E-state index contributed by atoms with van der Waals surface area (Å²) in [4.78, 5) is 19.2. The van der Waals surface area contributed by atoms with E-state index in [1.807, 2.05) is 38.1 Å². The van der Waals surface area contributed by atoms with Crippen molar-refractivity contribution >= 4 is 29.1 Å². The van der Waals surface area contributed by atoms with Gasteiger partial charge in [0.05, 0.1) is 37.2 Å². The van der Waals surface area contributed by atoms with E-state index >= 15 is 0 Å². The number of ether oxygens (including phenoxy) is 1. The van der Waals surface area contributed by atoms with E-state index in [1.54, 1.807) is 36.9 Å². The number of methoxy groups -OCH3 is 1. The van der Waals surface area contributed by atoms with Crippen LogP contribution in [-0.4, -0.2) is 39.7 Å². The number of benzene rings is 1. The summed E-state index contributed by atoms with van der Waals surface area (Å²) in [7, 11) is 3.35. The molecule has 30 heavy (non-hydrogen) atoms. The Morgan fingerprint density at radius 1 is 1.20 bits per heavy atom. The van der Waals surface area contributed by atoms with Crippen LogP contribution in [0.2, 0.25) is 10.2 Å². The number of aryl methyl sites for hydroxylation is 2. The molecule has 0 aliphatic carbocycles. The molecule has 6 nitrogen and oxygen atoms in total. The van der Waals surface area contributed by atoms with Crippen LogP contribution in [0.15, 0.2) is 30.5 Å². The smallest absolute Gasteiger partial charge is 0.258 e. The van der Waals surface area contributed by atoms with Gasteiger partial charge in [-0.2, -0.15) is 5.10 Å². The Hall–Kier alpha value is -2.57. The van der Waals surface area contributed by atoms with Crippen molar-refractivity contribution in [2.24, 2.45) is 0 Å². The van der Waals surface area contributed by atoms with Crippen LogP contribution in [0.4, 0.5) is 0 Å². The number of carbonyl (C=O) groups excluding carboxylic acids is 1. The van der Waals surface area contributed by atoms with Crippen LogP contribution >= 0.6 is 23.2 Å². The predicted octanol–water partition coefficient (Wildman–Crippen LogP) is 4.84. The summed E-state index contributed by atoms with van der Waals surface area (Å²) in [6.45, 7) is 6.35. The fourth-order valence-corrected chi connectivity index (χ4v) is 3.92. The second kappa shape index (κ2) is 9.06. The summed E-state index contributed by atoms with van der Waals surface area (Å²) in [6, 6.07) is 7.48. The van der Waals surface area contributed by atoms with Crippen LogP contribution in [0, 0.1) is 20.8 Å². The summed E-state index contributed by atoms with van der Waals surface area (Å²) < 4.78 is 7.06. The third-order valence-electron chi connectivity index (χ3n) is 5.04. The van der Waals surface area contributed by atoms with Crippen molar-refractivity contribution < 1.29 is 9.53 Å². The van der Waals surface area contributed by atoms with Crippen molar-refractivity contribution in [3.8, 4) is 5.75 Å². The molecule has 0 bridgehead atoms. The molecule has 2 heterocycles. The van der Waals surface area contributed by atoms with Gasteiger partial charge in [-0.05, 0) is 32.4 Å². The Morgan fingerprint density at radius 2 is 1.90 bits per heavy atom. The molecule has 0 aliphatic rings. The van der Waals surface area contributed by atoms with Crippen molar-refractivity contribution in [1.29, 1.82) is 0 Å². The number of aromatic nitrogens is 3. The minimum absolute atomic E-state index is 0.219. The Labute approximate surface area is 186 Å². The Morgan fingerprint density at radius 3 is 2.57 bits per heavy atom. The maximum Gasteiger partial charge on any atom is 0.258 e. The first-order chi connectivity index (χ1) is 14.2. The molecule has 0 saturated carbocycles. The van der Waals surface area contributed by atoms with Crippen LogP contribution in [0.5, 0.6) is 5.75 Å². The average Bonchev–Trinajstić information content (AvgIpc) is 2.98. The first-order valence-electron chi connectivity index (χ1n) is 9.45. The van der Waals surface area contributed by atoms with Crippen LogP contribution in [-0.2, 0) is 13.1 Å². The van der Waals surface area contributed by atoms with Crippen molar-refractivity contribution in [3.05, 3.63) is 74.3 Å². The van der Waals surface area contributed by atoms with Gasteiger partial charge in [0.2, 0.25) is 0 Å². The van der Waals surface area contributed by atoms with Gasteiger partial charge in [0.15, 0.2) is 0 Å². The first-order valence-corrected chi connectivity index (χ1v) is 10.2. The first kappa shape index (κ1) is 22.1. The molecule has 2 aromatic heterocycles.